The van der Waals surface area contributed by atoms with Crippen LogP contribution < -0.4 is 5.32 Å². The molecule has 0 spiro atoms. The second kappa shape index (κ2) is 5.17. The lowest BCUT2D eigenvalue weighted by Gasteiger charge is -2.36. The van der Waals surface area contributed by atoms with E-state index < -0.39 is 0 Å². The Balaban J connectivity index is 0.00000112. The predicted octanol–water partition coefficient (Wildman–Crippen LogP) is 1.89. The van der Waals surface area contributed by atoms with Crippen LogP contribution in [-0.2, 0) is 9.53 Å². The summed E-state index contributed by atoms with van der Waals surface area (Å²) in [5.41, 5.74) is -0.172. The molecular weight excluding hydrogens is 214 g/mol. The summed E-state index contributed by atoms with van der Waals surface area (Å²) in [5, 5.41) is 3.44. The molecule has 1 aliphatic carbocycles. The molecule has 1 saturated carbocycles. The van der Waals surface area contributed by atoms with Gasteiger partial charge < -0.3 is 10.1 Å². The molecule has 1 heterocycles. The zero-order valence-corrected chi connectivity index (χ0v) is 10.1. The number of carbonyl (C=O) groups is 1. The van der Waals surface area contributed by atoms with Crippen molar-refractivity contribution in [1.82, 2.24) is 5.32 Å². The van der Waals surface area contributed by atoms with Crippen LogP contribution in [0.15, 0.2) is 0 Å². The Kier molecular flexibility index (Phi) is 4.41. The SMILES string of the molecule is CCOC(=O)C12CCCCC1NCC2.Cl. The van der Waals surface area contributed by atoms with Crippen LogP contribution in [-0.4, -0.2) is 25.2 Å². The minimum atomic E-state index is -0.172. The van der Waals surface area contributed by atoms with E-state index in [2.05, 4.69) is 5.32 Å². The van der Waals surface area contributed by atoms with Crippen LogP contribution in [0, 0.1) is 5.41 Å². The Labute approximate surface area is 97.4 Å². The van der Waals surface area contributed by atoms with Crippen LogP contribution in [0.2, 0.25) is 0 Å². The van der Waals surface area contributed by atoms with E-state index in [0.717, 1.165) is 25.8 Å². The highest BCUT2D eigenvalue weighted by Gasteiger charge is 2.50. The van der Waals surface area contributed by atoms with E-state index >= 15 is 0 Å². The normalized spacial score (nSPS) is 34.1. The lowest BCUT2D eigenvalue weighted by molar-refractivity contribution is -0.157. The Morgan fingerprint density at radius 2 is 2.27 bits per heavy atom. The van der Waals surface area contributed by atoms with Gasteiger partial charge in [0.15, 0.2) is 0 Å². The fourth-order valence-corrected chi connectivity index (χ4v) is 2.93. The molecule has 1 aliphatic heterocycles. The maximum absolute atomic E-state index is 11.9. The Morgan fingerprint density at radius 1 is 1.47 bits per heavy atom. The van der Waals surface area contributed by atoms with E-state index in [0.29, 0.717) is 12.6 Å². The molecule has 0 aromatic rings. The van der Waals surface area contributed by atoms with Gasteiger partial charge in [-0.2, -0.15) is 0 Å². The number of hydrogen-bond donors (Lipinski definition) is 1. The molecule has 0 radical (unpaired) electrons. The Bertz CT molecular complexity index is 235. The van der Waals surface area contributed by atoms with Crippen molar-refractivity contribution in [3.8, 4) is 0 Å². The third kappa shape index (κ3) is 2.13. The van der Waals surface area contributed by atoms with Gasteiger partial charge in [0.25, 0.3) is 0 Å². The van der Waals surface area contributed by atoms with Crippen LogP contribution in [0.25, 0.3) is 0 Å². The molecule has 1 saturated heterocycles. The van der Waals surface area contributed by atoms with Gasteiger partial charge in [0.1, 0.15) is 0 Å². The molecule has 0 amide bonds. The highest BCUT2D eigenvalue weighted by molar-refractivity contribution is 5.85. The summed E-state index contributed by atoms with van der Waals surface area (Å²) in [6.45, 7) is 3.37. The average molecular weight is 234 g/mol. The van der Waals surface area contributed by atoms with Gasteiger partial charge in [-0.1, -0.05) is 12.8 Å². The second-order valence-electron chi connectivity index (χ2n) is 4.38. The molecule has 0 bridgehead atoms. The van der Waals surface area contributed by atoms with E-state index in [9.17, 15) is 4.79 Å². The molecule has 4 heteroatoms. The fraction of sp³-hybridized carbons (Fsp3) is 0.909. The van der Waals surface area contributed by atoms with Gasteiger partial charge in [-0.05, 0) is 32.7 Å². The lowest BCUT2D eigenvalue weighted by atomic mass is 9.70. The van der Waals surface area contributed by atoms with Crippen molar-refractivity contribution >= 4 is 18.4 Å². The molecule has 2 atom stereocenters. The highest BCUT2D eigenvalue weighted by Crippen LogP contribution is 2.43. The molecule has 2 aliphatic rings. The van der Waals surface area contributed by atoms with Crippen molar-refractivity contribution in [1.29, 1.82) is 0 Å². The number of carbonyl (C=O) groups excluding carboxylic acids is 1. The topological polar surface area (TPSA) is 38.3 Å². The molecule has 88 valence electrons. The van der Waals surface area contributed by atoms with Crippen LogP contribution >= 0.6 is 12.4 Å². The van der Waals surface area contributed by atoms with Crippen molar-refractivity contribution in [3.05, 3.63) is 0 Å². The molecule has 0 aromatic carbocycles. The number of rotatable bonds is 2. The zero-order chi connectivity index (χ0) is 10.0. The number of fused-ring (bicyclic) bond motifs is 1. The van der Waals surface area contributed by atoms with Gasteiger partial charge in [-0.3, -0.25) is 4.79 Å². The van der Waals surface area contributed by atoms with Crippen LogP contribution in [0.4, 0.5) is 0 Å². The summed E-state index contributed by atoms with van der Waals surface area (Å²) in [6, 6.07) is 0.385. The van der Waals surface area contributed by atoms with E-state index in [1.54, 1.807) is 0 Å². The van der Waals surface area contributed by atoms with Gasteiger partial charge in [-0.25, -0.2) is 0 Å². The largest absolute Gasteiger partial charge is 0.466 e. The smallest absolute Gasteiger partial charge is 0.313 e. The summed E-state index contributed by atoms with van der Waals surface area (Å²) in [7, 11) is 0. The van der Waals surface area contributed by atoms with Crippen molar-refractivity contribution in [2.24, 2.45) is 5.41 Å². The van der Waals surface area contributed by atoms with Gasteiger partial charge >= 0.3 is 5.97 Å². The number of esters is 1. The maximum Gasteiger partial charge on any atom is 0.313 e. The average Bonchev–Trinajstić information content (AvgIpc) is 2.62. The number of ether oxygens (including phenoxy) is 1. The lowest BCUT2D eigenvalue weighted by Crippen LogP contribution is -2.46. The fourth-order valence-electron chi connectivity index (χ4n) is 2.93. The third-order valence-corrected chi connectivity index (χ3v) is 3.68. The first-order chi connectivity index (χ1) is 6.79. The molecule has 3 nitrogen and oxygen atoms in total. The third-order valence-electron chi connectivity index (χ3n) is 3.68. The van der Waals surface area contributed by atoms with Crippen molar-refractivity contribution in [2.45, 2.75) is 45.1 Å². The summed E-state index contributed by atoms with van der Waals surface area (Å²) < 4.78 is 5.21. The first-order valence-electron chi connectivity index (χ1n) is 5.70. The van der Waals surface area contributed by atoms with E-state index in [-0.39, 0.29) is 23.8 Å². The first kappa shape index (κ1) is 12.8. The van der Waals surface area contributed by atoms with Crippen molar-refractivity contribution < 1.29 is 9.53 Å². The summed E-state index contributed by atoms with van der Waals surface area (Å²) in [5.74, 6) is 0.0368. The minimum Gasteiger partial charge on any atom is -0.466 e. The number of hydrogen-bond acceptors (Lipinski definition) is 3. The highest BCUT2D eigenvalue weighted by atomic mass is 35.5. The van der Waals surface area contributed by atoms with Gasteiger partial charge in [-0.15, -0.1) is 12.4 Å². The van der Waals surface area contributed by atoms with Crippen LogP contribution in [0.5, 0.6) is 0 Å². The van der Waals surface area contributed by atoms with E-state index in [1.165, 1.54) is 12.8 Å². The summed E-state index contributed by atoms with van der Waals surface area (Å²) in [4.78, 5) is 11.9. The molecule has 15 heavy (non-hydrogen) atoms. The van der Waals surface area contributed by atoms with E-state index in [1.807, 2.05) is 6.92 Å². The van der Waals surface area contributed by atoms with Crippen molar-refractivity contribution in [3.63, 3.8) is 0 Å². The molecule has 0 aromatic heterocycles. The zero-order valence-electron chi connectivity index (χ0n) is 9.25. The maximum atomic E-state index is 11.9. The predicted molar refractivity (Wildman–Crippen MR) is 61.2 cm³/mol. The molecule has 2 unspecified atom stereocenters. The van der Waals surface area contributed by atoms with Crippen LogP contribution in [0.3, 0.4) is 0 Å². The Hall–Kier alpha value is -0.280. The quantitative estimate of drug-likeness (QED) is 0.741. The molecule has 1 N–H and O–H groups in total. The van der Waals surface area contributed by atoms with Gasteiger partial charge in [0, 0.05) is 6.04 Å². The minimum absolute atomic E-state index is 0. The monoisotopic (exact) mass is 233 g/mol. The molecule has 2 fully saturated rings. The van der Waals surface area contributed by atoms with Gasteiger partial charge in [0.05, 0.1) is 12.0 Å². The summed E-state index contributed by atoms with van der Waals surface area (Å²) >= 11 is 0. The molecule has 2 rings (SSSR count). The van der Waals surface area contributed by atoms with Crippen molar-refractivity contribution in [2.75, 3.05) is 13.2 Å². The molecular formula is C11H20ClNO2. The summed E-state index contributed by atoms with van der Waals surface area (Å²) in [6.07, 6.45) is 5.55. The standard InChI is InChI=1S/C11H19NO2.ClH/c1-2-14-10(13)11-6-4-3-5-9(11)12-8-7-11;/h9,12H,2-8H2,1H3;1H. The second-order valence-corrected chi connectivity index (χ2v) is 4.38. The number of halogens is 1. The Morgan fingerprint density at radius 3 is 3.00 bits per heavy atom. The first-order valence-corrected chi connectivity index (χ1v) is 5.70. The van der Waals surface area contributed by atoms with Crippen LogP contribution in [0.1, 0.15) is 39.0 Å². The van der Waals surface area contributed by atoms with Gasteiger partial charge in [0.2, 0.25) is 0 Å². The number of nitrogens with one attached hydrogen (secondary N) is 1. The van der Waals surface area contributed by atoms with E-state index in [4.69, 9.17) is 4.74 Å².